The average molecular weight is 250 g/mol. The van der Waals surface area contributed by atoms with Crippen LogP contribution in [0.3, 0.4) is 0 Å². The Morgan fingerprint density at radius 3 is 2.83 bits per heavy atom. The molecule has 0 radical (unpaired) electrons. The lowest BCUT2D eigenvalue weighted by Crippen LogP contribution is -2.12. The van der Waals surface area contributed by atoms with Gasteiger partial charge in [0.15, 0.2) is 5.69 Å². The van der Waals surface area contributed by atoms with Crippen molar-refractivity contribution >= 4 is 17.6 Å². The molecule has 0 spiro atoms. The van der Waals surface area contributed by atoms with Crippen LogP contribution < -0.4 is 5.32 Å². The molecule has 2 rings (SSSR count). The van der Waals surface area contributed by atoms with Gasteiger partial charge in [-0.1, -0.05) is 5.21 Å². The van der Waals surface area contributed by atoms with Crippen molar-refractivity contribution in [2.75, 3.05) is 5.32 Å². The van der Waals surface area contributed by atoms with Crippen molar-refractivity contribution in [2.45, 2.75) is 6.54 Å². The van der Waals surface area contributed by atoms with E-state index in [9.17, 15) is 9.59 Å². The van der Waals surface area contributed by atoms with Gasteiger partial charge in [0.25, 0.3) is 5.91 Å². The number of nitrogens with one attached hydrogen (secondary N) is 1. The van der Waals surface area contributed by atoms with Gasteiger partial charge in [0.1, 0.15) is 6.54 Å². The Morgan fingerprint density at radius 1 is 1.44 bits per heavy atom. The molecule has 0 aliphatic carbocycles. The maximum Gasteiger partial charge on any atom is 0.325 e. The van der Waals surface area contributed by atoms with Crippen LogP contribution in [0, 0.1) is 0 Å². The number of aromatic nitrogens is 5. The second kappa shape index (κ2) is 4.65. The number of carboxylic acid groups (broad SMARTS) is 1. The Balaban J connectivity index is 2.03. The lowest BCUT2D eigenvalue weighted by atomic mass is 10.4. The highest BCUT2D eigenvalue weighted by molar-refractivity contribution is 6.02. The van der Waals surface area contributed by atoms with Crippen molar-refractivity contribution in [1.82, 2.24) is 24.8 Å². The van der Waals surface area contributed by atoms with E-state index in [0.29, 0.717) is 5.69 Å². The molecule has 0 saturated heterocycles. The van der Waals surface area contributed by atoms with Crippen LogP contribution in [0.25, 0.3) is 0 Å². The minimum absolute atomic E-state index is 0.170. The van der Waals surface area contributed by atoms with E-state index in [1.54, 1.807) is 7.05 Å². The van der Waals surface area contributed by atoms with Gasteiger partial charge in [-0.15, -0.1) is 5.10 Å². The maximum absolute atomic E-state index is 11.7. The summed E-state index contributed by atoms with van der Waals surface area (Å²) >= 11 is 0. The van der Waals surface area contributed by atoms with E-state index in [1.807, 2.05) is 0 Å². The number of hydrogen-bond acceptors (Lipinski definition) is 5. The van der Waals surface area contributed by atoms with Gasteiger partial charge in [0.05, 0.1) is 18.1 Å². The topological polar surface area (TPSA) is 115 Å². The van der Waals surface area contributed by atoms with Crippen LogP contribution in [-0.2, 0) is 18.4 Å². The Bertz CT molecular complexity index is 587. The first kappa shape index (κ1) is 11.8. The van der Waals surface area contributed by atoms with Crippen molar-refractivity contribution in [1.29, 1.82) is 0 Å². The summed E-state index contributed by atoms with van der Waals surface area (Å²) in [5.41, 5.74) is 0.565. The van der Waals surface area contributed by atoms with Crippen LogP contribution >= 0.6 is 0 Å². The summed E-state index contributed by atoms with van der Waals surface area (Å²) in [6.45, 7) is -0.263. The first-order chi connectivity index (χ1) is 8.54. The number of nitrogens with zero attached hydrogens (tertiary/aromatic N) is 5. The molecule has 2 aromatic heterocycles. The second-order valence-corrected chi connectivity index (χ2v) is 3.55. The smallest absolute Gasteiger partial charge is 0.325 e. The highest BCUT2D eigenvalue weighted by atomic mass is 16.4. The summed E-state index contributed by atoms with van der Waals surface area (Å²) in [5, 5.41) is 22.2. The Morgan fingerprint density at radius 2 is 2.22 bits per heavy atom. The number of carbonyl (C=O) groups is 2. The summed E-state index contributed by atoms with van der Waals surface area (Å²) in [6, 6.07) is 0. The van der Waals surface area contributed by atoms with Crippen LogP contribution in [0.15, 0.2) is 18.6 Å². The molecule has 9 nitrogen and oxygen atoms in total. The molecule has 2 heterocycles. The molecule has 0 saturated carbocycles. The quantitative estimate of drug-likeness (QED) is 0.745. The standard InChI is InChI=1S/C9H10N6O3/c1-14-4-7(12-13-14)9(18)11-6-2-10-15(3-6)5-8(16)17/h2-4H,5H2,1H3,(H,11,18)(H,16,17). The largest absolute Gasteiger partial charge is 0.480 e. The molecule has 0 atom stereocenters. The molecule has 0 aliphatic rings. The van der Waals surface area contributed by atoms with Gasteiger partial charge in [0.2, 0.25) is 0 Å². The number of rotatable bonds is 4. The molecule has 0 fully saturated rings. The molecular formula is C9H10N6O3. The van der Waals surface area contributed by atoms with E-state index >= 15 is 0 Å². The third-order valence-electron chi connectivity index (χ3n) is 2.02. The van der Waals surface area contributed by atoms with Crippen LogP contribution in [-0.4, -0.2) is 41.8 Å². The monoisotopic (exact) mass is 250 g/mol. The minimum atomic E-state index is -1.01. The van der Waals surface area contributed by atoms with Crippen molar-refractivity contribution in [3.8, 4) is 0 Å². The van der Waals surface area contributed by atoms with Crippen LogP contribution in [0.1, 0.15) is 10.5 Å². The normalized spacial score (nSPS) is 10.3. The third-order valence-corrected chi connectivity index (χ3v) is 2.02. The number of anilines is 1. The van der Waals surface area contributed by atoms with Crippen LogP contribution in [0.5, 0.6) is 0 Å². The van der Waals surface area contributed by atoms with E-state index in [1.165, 1.54) is 28.0 Å². The molecule has 0 bridgehead atoms. The Kier molecular flexibility index (Phi) is 3.04. The Labute approximate surface area is 101 Å². The van der Waals surface area contributed by atoms with Crippen molar-refractivity contribution in [3.05, 3.63) is 24.3 Å². The van der Waals surface area contributed by atoms with E-state index in [-0.39, 0.29) is 12.2 Å². The number of carboxylic acids is 1. The average Bonchev–Trinajstić information content (AvgIpc) is 2.87. The fraction of sp³-hybridized carbons (Fsp3) is 0.222. The van der Waals surface area contributed by atoms with E-state index in [0.717, 1.165) is 0 Å². The highest BCUT2D eigenvalue weighted by Gasteiger charge is 2.11. The minimum Gasteiger partial charge on any atom is -0.480 e. The number of aryl methyl sites for hydroxylation is 1. The van der Waals surface area contributed by atoms with Gasteiger partial charge in [-0.05, 0) is 0 Å². The molecule has 0 unspecified atom stereocenters. The molecular weight excluding hydrogens is 240 g/mol. The van der Waals surface area contributed by atoms with Crippen molar-refractivity contribution in [2.24, 2.45) is 7.05 Å². The fourth-order valence-corrected chi connectivity index (χ4v) is 1.30. The lowest BCUT2D eigenvalue weighted by molar-refractivity contribution is -0.137. The van der Waals surface area contributed by atoms with Crippen LogP contribution in [0.2, 0.25) is 0 Å². The molecule has 18 heavy (non-hydrogen) atoms. The molecule has 0 aromatic carbocycles. The lowest BCUT2D eigenvalue weighted by Gasteiger charge is -1.97. The summed E-state index contributed by atoms with van der Waals surface area (Å²) in [4.78, 5) is 22.1. The molecule has 94 valence electrons. The zero-order valence-corrected chi connectivity index (χ0v) is 9.44. The highest BCUT2D eigenvalue weighted by Crippen LogP contribution is 2.06. The zero-order chi connectivity index (χ0) is 13.1. The number of carbonyl (C=O) groups excluding carboxylic acids is 1. The van der Waals surface area contributed by atoms with Crippen molar-refractivity contribution < 1.29 is 14.7 Å². The van der Waals surface area contributed by atoms with E-state index in [4.69, 9.17) is 5.11 Å². The molecule has 0 aliphatic heterocycles. The molecule has 1 amide bonds. The molecule has 2 N–H and O–H groups in total. The van der Waals surface area contributed by atoms with E-state index in [2.05, 4.69) is 20.7 Å². The predicted octanol–water partition coefficient (Wildman–Crippen LogP) is -0.652. The van der Waals surface area contributed by atoms with Gasteiger partial charge in [0, 0.05) is 13.2 Å². The summed E-state index contributed by atoms with van der Waals surface area (Å²) in [6.07, 6.45) is 4.25. The number of amides is 1. The number of hydrogen-bond donors (Lipinski definition) is 2. The fourth-order valence-electron chi connectivity index (χ4n) is 1.30. The maximum atomic E-state index is 11.7. The second-order valence-electron chi connectivity index (χ2n) is 3.55. The van der Waals surface area contributed by atoms with Crippen LogP contribution in [0.4, 0.5) is 5.69 Å². The van der Waals surface area contributed by atoms with Crippen molar-refractivity contribution in [3.63, 3.8) is 0 Å². The third kappa shape index (κ3) is 2.70. The first-order valence-corrected chi connectivity index (χ1v) is 4.96. The summed E-state index contributed by atoms with van der Waals surface area (Å²) in [5.74, 6) is -1.44. The van der Waals surface area contributed by atoms with Gasteiger partial charge in [-0.3, -0.25) is 19.0 Å². The molecule has 2 aromatic rings. The van der Waals surface area contributed by atoms with Gasteiger partial charge in [-0.2, -0.15) is 5.10 Å². The Hall–Kier alpha value is -2.71. The van der Waals surface area contributed by atoms with Gasteiger partial charge in [-0.25, -0.2) is 0 Å². The summed E-state index contributed by atoms with van der Waals surface area (Å²) in [7, 11) is 1.65. The zero-order valence-electron chi connectivity index (χ0n) is 9.44. The van der Waals surface area contributed by atoms with Gasteiger partial charge < -0.3 is 10.4 Å². The predicted molar refractivity (Wildman–Crippen MR) is 58.8 cm³/mol. The number of aliphatic carboxylic acids is 1. The summed E-state index contributed by atoms with van der Waals surface area (Å²) < 4.78 is 2.61. The SMILES string of the molecule is Cn1cc(C(=O)Nc2cnn(CC(=O)O)c2)nn1. The first-order valence-electron chi connectivity index (χ1n) is 4.96. The van der Waals surface area contributed by atoms with E-state index < -0.39 is 11.9 Å². The molecule has 9 heteroatoms. The van der Waals surface area contributed by atoms with Gasteiger partial charge >= 0.3 is 5.97 Å².